The fourth-order valence-electron chi connectivity index (χ4n) is 2.53. The number of nitrogens with zero attached hydrogens (tertiary/aromatic N) is 1. The average molecular weight is 398 g/mol. The first-order chi connectivity index (χ1) is 11.9. The lowest BCUT2D eigenvalue weighted by molar-refractivity contribution is -0.116. The molecule has 2 aromatic carbocycles. The zero-order valence-corrected chi connectivity index (χ0v) is 15.0. The highest BCUT2D eigenvalue weighted by Gasteiger charge is 2.37. The van der Waals surface area contributed by atoms with Crippen molar-refractivity contribution in [2.24, 2.45) is 0 Å². The normalized spacial score (nSPS) is 13.2. The number of imide groups is 1. The molecular weight excluding hydrogens is 387 g/mol. The summed E-state index contributed by atoms with van der Waals surface area (Å²) in [6, 6.07) is 9.52. The zero-order chi connectivity index (χ0) is 18.1. The van der Waals surface area contributed by atoms with Crippen LogP contribution in [0.3, 0.4) is 0 Å². The Bertz CT molecular complexity index is 878. The second-order valence-corrected chi connectivity index (χ2v) is 6.54. The Kier molecular flexibility index (Phi) is 4.99. The molecule has 0 unspecified atom stereocenters. The van der Waals surface area contributed by atoms with Gasteiger partial charge in [-0.2, -0.15) is 0 Å². The highest BCUT2D eigenvalue weighted by Crippen LogP contribution is 2.31. The molecule has 0 radical (unpaired) electrons. The number of amides is 3. The molecule has 0 spiro atoms. The number of nitrogens with one attached hydrogen (secondary N) is 1. The van der Waals surface area contributed by atoms with Gasteiger partial charge in [0.15, 0.2) is 0 Å². The van der Waals surface area contributed by atoms with E-state index in [4.69, 9.17) is 34.8 Å². The third-order valence-corrected chi connectivity index (χ3v) is 4.68. The molecule has 0 fully saturated rings. The molecule has 3 rings (SSSR count). The van der Waals surface area contributed by atoms with Crippen LogP contribution in [0.25, 0.3) is 0 Å². The molecule has 8 heteroatoms. The van der Waals surface area contributed by atoms with E-state index in [2.05, 4.69) is 5.32 Å². The molecule has 1 aliphatic rings. The lowest BCUT2D eigenvalue weighted by atomic mass is 10.1. The van der Waals surface area contributed by atoms with Gasteiger partial charge in [0.2, 0.25) is 5.91 Å². The van der Waals surface area contributed by atoms with E-state index in [-0.39, 0.29) is 29.1 Å². The van der Waals surface area contributed by atoms with Crippen LogP contribution in [0.5, 0.6) is 0 Å². The van der Waals surface area contributed by atoms with Gasteiger partial charge in [-0.25, -0.2) is 0 Å². The summed E-state index contributed by atoms with van der Waals surface area (Å²) in [5.74, 6) is -1.39. The lowest BCUT2D eigenvalue weighted by Gasteiger charge is -2.14. The van der Waals surface area contributed by atoms with Crippen LogP contribution in [0.15, 0.2) is 36.4 Å². The van der Waals surface area contributed by atoms with Crippen LogP contribution in [0.2, 0.25) is 15.1 Å². The molecule has 0 aliphatic carbocycles. The third kappa shape index (κ3) is 3.35. The van der Waals surface area contributed by atoms with Gasteiger partial charge in [0.25, 0.3) is 11.8 Å². The monoisotopic (exact) mass is 396 g/mol. The molecule has 1 aliphatic heterocycles. The van der Waals surface area contributed by atoms with Gasteiger partial charge in [0.05, 0.1) is 31.9 Å². The Morgan fingerprint density at radius 2 is 1.52 bits per heavy atom. The van der Waals surface area contributed by atoms with E-state index in [1.165, 1.54) is 6.07 Å². The van der Waals surface area contributed by atoms with Crippen molar-refractivity contribution >= 4 is 58.2 Å². The van der Waals surface area contributed by atoms with Gasteiger partial charge in [0, 0.05) is 13.0 Å². The van der Waals surface area contributed by atoms with Crippen molar-refractivity contribution in [3.05, 3.63) is 62.6 Å². The van der Waals surface area contributed by atoms with E-state index in [0.717, 1.165) is 4.90 Å². The molecule has 1 heterocycles. The Hall–Kier alpha value is -2.08. The quantitative estimate of drug-likeness (QED) is 0.783. The minimum atomic E-state index is -0.505. The van der Waals surface area contributed by atoms with Gasteiger partial charge in [-0.15, -0.1) is 0 Å². The van der Waals surface area contributed by atoms with Gasteiger partial charge < -0.3 is 5.32 Å². The van der Waals surface area contributed by atoms with Gasteiger partial charge >= 0.3 is 0 Å². The number of hydrogen-bond donors (Lipinski definition) is 1. The number of fused-ring (bicyclic) bond motifs is 1. The smallest absolute Gasteiger partial charge is 0.263 e. The Balaban J connectivity index is 1.69. The molecule has 0 atom stereocenters. The maximum Gasteiger partial charge on any atom is 0.263 e. The first kappa shape index (κ1) is 17.7. The second-order valence-electron chi connectivity index (χ2n) is 5.32. The van der Waals surface area contributed by atoms with Gasteiger partial charge in [0.1, 0.15) is 0 Å². The van der Waals surface area contributed by atoms with Crippen molar-refractivity contribution in [3.8, 4) is 0 Å². The summed E-state index contributed by atoms with van der Waals surface area (Å²) < 4.78 is 0. The van der Waals surface area contributed by atoms with Crippen molar-refractivity contribution in [1.29, 1.82) is 0 Å². The molecular formula is C17H11Cl3N2O3. The SMILES string of the molecule is O=C(CCN1C(=O)c2cccc(Cl)c2C1=O)Nc1c(Cl)cccc1Cl. The molecule has 25 heavy (non-hydrogen) atoms. The Morgan fingerprint density at radius 3 is 2.16 bits per heavy atom. The van der Waals surface area contributed by atoms with Gasteiger partial charge in [-0.05, 0) is 24.3 Å². The summed E-state index contributed by atoms with van der Waals surface area (Å²) in [5.41, 5.74) is 0.706. The molecule has 128 valence electrons. The van der Waals surface area contributed by atoms with E-state index in [9.17, 15) is 14.4 Å². The van der Waals surface area contributed by atoms with E-state index in [1.807, 2.05) is 0 Å². The fourth-order valence-corrected chi connectivity index (χ4v) is 3.28. The molecule has 0 aromatic heterocycles. The van der Waals surface area contributed by atoms with Crippen LogP contribution in [0.1, 0.15) is 27.1 Å². The van der Waals surface area contributed by atoms with Crippen molar-refractivity contribution in [2.45, 2.75) is 6.42 Å². The lowest BCUT2D eigenvalue weighted by Crippen LogP contribution is -2.33. The molecule has 5 nitrogen and oxygen atoms in total. The van der Waals surface area contributed by atoms with Crippen molar-refractivity contribution in [2.75, 3.05) is 11.9 Å². The van der Waals surface area contributed by atoms with Crippen molar-refractivity contribution < 1.29 is 14.4 Å². The van der Waals surface area contributed by atoms with Crippen LogP contribution in [0.4, 0.5) is 5.69 Å². The number of para-hydroxylation sites is 1. The van der Waals surface area contributed by atoms with Crippen molar-refractivity contribution in [3.63, 3.8) is 0 Å². The average Bonchev–Trinajstić information content (AvgIpc) is 2.81. The highest BCUT2D eigenvalue weighted by molar-refractivity contribution is 6.40. The summed E-state index contributed by atoms with van der Waals surface area (Å²) in [6.45, 7) is -0.0728. The molecule has 1 N–H and O–H groups in total. The topological polar surface area (TPSA) is 66.5 Å². The number of hydrogen-bond acceptors (Lipinski definition) is 3. The van der Waals surface area contributed by atoms with Crippen LogP contribution in [-0.4, -0.2) is 29.2 Å². The van der Waals surface area contributed by atoms with Crippen LogP contribution in [-0.2, 0) is 4.79 Å². The third-order valence-electron chi connectivity index (χ3n) is 3.74. The number of rotatable bonds is 4. The van der Waals surface area contributed by atoms with Gasteiger partial charge in [-0.3, -0.25) is 19.3 Å². The molecule has 0 saturated heterocycles. The van der Waals surface area contributed by atoms with Gasteiger partial charge in [-0.1, -0.05) is 46.9 Å². The first-order valence-corrected chi connectivity index (χ1v) is 8.42. The Labute approximate surface area is 158 Å². The van der Waals surface area contributed by atoms with E-state index < -0.39 is 17.7 Å². The number of halogens is 3. The highest BCUT2D eigenvalue weighted by atomic mass is 35.5. The largest absolute Gasteiger partial charge is 0.323 e. The predicted octanol–water partition coefficient (Wildman–Crippen LogP) is 4.27. The first-order valence-electron chi connectivity index (χ1n) is 7.28. The molecule has 3 amide bonds. The minimum Gasteiger partial charge on any atom is -0.323 e. The van der Waals surface area contributed by atoms with Crippen LogP contribution in [0, 0.1) is 0 Å². The Morgan fingerprint density at radius 1 is 0.920 bits per heavy atom. The summed E-state index contributed by atoms with van der Waals surface area (Å²) >= 11 is 18.0. The predicted molar refractivity (Wildman–Crippen MR) is 96.5 cm³/mol. The summed E-state index contributed by atoms with van der Waals surface area (Å²) in [4.78, 5) is 37.8. The second kappa shape index (κ2) is 7.04. The maximum absolute atomic E-state index is 12.4. The fraction of sp³-hybridized carbons (Fsp3) is 0.118. The number of anilines is 1. The number of carbonyl (C=O) groups is 3. The number of benzene rings is 2. The van der Waals surface area contributed by atoms with E-state index in [1.54, 1.807) is 30.3 Å². The standard InChI is InChI=1S/C17H11Cl3N2O3/c18-10-4-1-3-9-14(10)17(25)22(16(9)24)8-7-13(23)21-15-11(19)5-2-6-12(15)20/h1-6H,7-8H2,(H,21,23). The maximum atomic E-state index is 12.4. The molecule has 2 aromatic rings. The van der Waals surface area contributed by atoms with E-state index in [0.29, 0.717) is 15.7 Å². The zero-order valence-electron chi connectivity index (χ0n) is 12.7. The minimum absolute atomic E-state index is 0.0728. The molecule has 0 bridgehead atoms. The van der Waals surface area contributed by atoms with E-state index >= 15 is 0 Å². The summed E-state index contributed by atoms with van der Waals surface area (Å²) in [6.07, 6.45) is -0.0926. The molecule has 0 saturated carbocycles. The van der Waals surface area contributed by atoms with Crippen LogP contribution >= 0.6 is 34.8 Å². The van der Waals surface area contributed by atoms with Crippen molar-refractivity contribution in [1.82, 2.24) is 4.90 Å². The number of carbonyl (C=O) groups excluding carboxylic acids is 3. The van der Waals surface area contributed by atoms with Crippen LogP contribution < -0.4 is 5.32 Å². The summed E-state index contributed by atoms with van der Waals surface area (Å²) in [7, 11) is 0. The summed E-state index contributed by atoms with van der Waals surface area (Å²) in [5, 5.41) is 3.40.